The van der Waals surface area contributed by atoms with E-state index in [0.717, 1.165) is 4.31 Å². The summed E-state index contributed by atoms with van der Waals surface area (Å²) in [6.45, 7) is 0. The number of carbonyl (C=O) groups excluding carboxylic acids is 1. The number of halogens is 2. The van der Waals surface area contributed by atoms with Gasteiger partial charge in [-0.3, -0.25) is 4.79 Å². The van der Waals surface area contributed by atoms with Gasteiger partial charge in [0.2, 0.25) is 10.0 Å². The summed E-state index contributed by atoms with van der Waals surface area (Å²) in [5, 5.41) is 3.10. The van der Waals surface area contributed by atoms with Gasteiger partial charge >= 0.3 is 0 Å². The molecule has 0 bridgehead atoms. The SMILES string of the molecule is CN(C)S(=O)(=O)c1ccc(Cl)c(C(=O)Nc2ccc(Cl)cn2)c1. The Balaban J connectivity index is 2.35. The third-order valence-electron chi connectivity index (χ3n) is 2.93. The Morgan fingerprint density at radius 2 is 1.87 bits per heavy atom. The van der Waals surface area contributed by atoms with Gasteiger partial charge in [0.25, 0.3) is 5.91 Å². The largest absolute Gasteiger partial charge is 0.307 e. The minimum Gasteiger partial charge on any atom is -0.307 e. The van der Waals surface area contributed by atoms with Gasteiger partial charge in [0.05, 0.1) is 20.5 Å². The molecule has 122 valence electrons. The number of nitrogens with one attached hydrogen (secondary N) is 1. The molecule has 1 amide bonds. The van der Waals surface area contributed by atoms with Crippen LogP contribution in [-0.2, 0) is 10.0 Å². The van der Waals surface area contributed by atoms with E-state index < -0.39 is 15.9 Å². The molecule has 9 heteroatoms. The van der Waals surface area contributed by atoms with Crippen LogP contribution in [-0.4, -0.2) is 37.7 Å². The van der Waals surface area contributed by atoms with Crippen molar-refractivity contribution in [2.75, 3.05) is 19.4 Å². The molecule has 23 heavy (non-hydrogen) atoms. The van der Waals surface area contributed by atoms with Gasteiger partial charge in [-0.05, 0) is 30.3 Å². The summed E-state index contributed by atoms with van der Waals surface area (Å²) >= 11 is 11.7. The van der Waals surface area contributed by atoms with Crippen LogP contribution in [0.4, 0.5) is 5.82 Å². The molecule has 0 unspecified atom stereocenters. The van der Waals surface area contributed by atoms with E-state index in [-0.39, 0.29) is 21.3 Å². The van der Waals surface area contributed by atoms with Gasteiger partial charge in [0.1, 0.15) is 5.82 Å². The number of nitrogens with zero attached hydrogens (tertiary/aromatic N) is 2. The summed E-state index contributed by atoms with van der Waals surface area (Å²) in [5.41, 5.74) is 0.0336. The van der Waals surface area contributed by atoms with E-state index in [0.29, 0.717) is 5.02 Å². The van der Waals surface area contributed by atoms with Gasteiger partial charge in [-0.25, -0.2) is 17.7 Å². The van der Waals surface area contributed by atoms with E-state index in [4.69, 9.17) is 23.2 Å². The lowest BCUT2D eigenvalue weighted by atomic mass is 10.2. The highest BCUT2D eigenvalue weighted by Gasteiger charge is 2.21. The molecule has 2 aromatic rings. The van der Waals surface area contributed by atoms with Crippen LogP contribution < -0.4 is 5.32 Å². The average Bonchev–Trinajstić information content (AvgIpc) is 2.49. The van der Waals surface area contributed by atoms with E-state index in [1.165, 1.54) is 44.6 Å². The Morgan fingerprint density at radius 3 is 2.43 bits per heavy atom. The molecule has 2 rings (SSSR count). The van der Waals surface area contributed by atoms with Crippen LogP contribution in [0.5, 0.6) is 0 Å². The highest BCUT2D eigenvalue weighted by atomic mass is 35.5. The maximum absolute atomic E-state index is 12.3. The van der Waals surface area contributed by atoms with E-state index in [1.54, 1.807) is 6.07 Å². The van der Waals surface area contributed by atoms with E-state index in [9.17, 15) is 13.2 Å². The summed E-state index contributed by atoms with van der Waals surface area (Å²) in [7, 11) is -0.858. The van der Waals surface area contributed by atoms with Crippen LogP contribution in [0.25, 0.3) is 0 Å². The van der Waals surface area contributed by atoms with Crippen LogP contribution in [0.1, 0.15) is 10.4 Å². The summed E-state index contributed by atoms with van der Waals surface area (Å²) in [6, 6.07) is 7.02. The van der Waals surface area contributed by atoms with Gasteiger partial charge < -0.3 is 5.32 Å². The van der Waals surface area contributed by atoms with Crippen molar-refractivity contribution in [1.29, 1.82) is 0 Å². The first-order valence-electron chi connectivity index (χ1n) is 6.37. The highest BCUT2D eigenvalue weighted by molar-refractivity contribution is 7.89. The zero-order chi connectivity index (χ0) is 17.2. The van der Waals surface area contributed by atoms with Gasteiger partial charge in [0.15, 0.2) is 0 Å². The van der Waals surface area contributed by atoms with Gasteiger partial charge in [-0.1, -0.05) is 23.2 Å². The van der Waals surface area contributed by atoms with Crippen molar-refractivity contribution in [3.8, 4) is 0 Å². The van der Waals surface area contributed by atoms with Crippen LogP contribution in [0, 0.1) is 0 Å². The molecule has 0 atom stereocenters. The minimum absolute atomic E-state index is 0.0267. The number of anilines is 1. The predicted octanol–water partition coefficient (Wildman–Crippen LogP) is 2.89. The molecule has 0 saturated carbocycles. The zero-order valence-electron chi connectivity index (χ0n) is 12.2. The Hall–Kier alpha value is -1.67. The first-order valence-corrected chi connectivity index (χ1v) is 8.56. The van der Waals surface area contributed by atoms with Crippen molar-refractivity contribution in [3.05, 3.63) is 52.1 Å². The monoisotopic (exact) mass is 373 g/mol. The van der Waals surface area contributed by atoms with Crippen LogP contribution >= 0.6 is 23.2 Å². The molecule has 0 saturated heterocycles. The standard InChI is InChI=1S/C14H13Cl2N3O3S/c1-19(2)23(21,22)10-4-5-12(16)11(7-10)14(20)18-13-6-3-9(15)8-17-13/h3-8H,1-2H3,(H,17,18,20). The molecule has 0 fully saturated rings. The number of hydrogen-bond donors (Lipinski definition) is 1. The second-order valence-corrected chi connectivity index (χ2v) is 7.74. The van der Waals surface area contributed by atoms with Gasteiger partial charge in [-0.15, -0.1) is 0 Å². The molecule has 6 nitrogen and oxygen atoms in total. The Bertz CT molecular complexity index is 837. The van der Waals surface area contributed by atoms with Crippen LogP contribution in [0.2, 0.25) is 10.0 Å². The number of carbonyl (C=O) groups is 1. The van der Waals surface area contributed by atoms with Gasteiger partial charge in [0, 0.05) is 20.3 Å². The Kier molecular flexibility index (Phi) is 5.26. The fourth-order valence-corrected chi connectivity index (χ4v) is 2.93. The first kappa shape index (κ1) is 17.7. The molecule has 0 aliphatic carbocycles. The molecule has 1 aromatic carbocycles. The molecule has 0 radical (unpaired) electrons. The maximum Gasteiger partial charge on any atom is 0.258 e. The van der Waals surface area contributed by atoms with E-state index >= 15 is 0 Å². The molecule has 1 aromatic heterocycles. The summed E-state index contributed by atoms with van der Waals surface area (Å²) in [6.07, 6.45) is 1.38. The molecule has 0 spiro atoms. The normalized spacial score (nSPS) is 11.5. The predicted molar refractivity (Wildman–Crippen MR) is 89.5 cm³/mol. The van der Waals surface area contributed by atoms with Gasteiger partial charge in [-0.2, -0.15) is 0 Å². The average molecular weight is 374 g/mol. The number of hydrogen-bond acceptors (Lipinski definition) is 4. The van der Waals surface area contributed by atoms with Crippen molar-refractivity contribution < 1.29 is 13.2 Å². The summed E-state index contributed by atoms with van der Waals surface area (Å²) < 4.78 is 25.3. The zero-order valence-corrected chi connectivity index (χ0v) is 14.6. The minimum atomic E-state index is -3.67. The van der Waals surface area contributed by atoms with Crippen molar-refractivity contribution in [1.82, 2.24) is 9.29 Å². The summed E-state index contributed by atoms with van der Waals surface area (Å²) in [4.78, 5) is 16.2. The smallest absolute Gasteiger partial charge is 0.258 e. The van der Waals surface area contributed by atoms with Crippen molar-refractivity contribution in [2.45, 2.75) is 4.90 Å². The Morgan fingerprint density at radius 1 is 1.17 bits per heavy atom. The topological polar surface area (TPSA) is 79.4 Å². The number of pyridine rings is 1. The van der Waals surface area contributed by atoms with Crippen molar-refractivity contribution in [2.24, 2.45) is 0 Å². The number of amides is 1. The lowest BCUT2D eigenvalue weighted by molar-refractivity contribution is 0.102. The van der Waals surface area contributed by atoms with Crippen molar-refractivity contribution in [3.63, 3.8) is 0 Å². The fourth-order valence-electron chi connectivity index (χ4n) is 1.68. The van der Waals surface area contributed by atoms with Crippen LogP contribution in [0.15, 0.2) is 41.4 Å². The molecular weight excluding hydrogens is 361 g/mol. The second-order valence-electron chi connectivity index (χ2n) is 4.74. The third kappa shape index (κ3) is 4.00. The van der Waals surface area contributed by atoms with Crippen molar-refractivity contribution >= 4 is 45.0 Å². The fraction of sp³-hybridized carbons (Fsp3) is 0.143. The Labute approximate surface area is 144 Å². The molecule has 1 N–H and O–H groups in total. The molecule has 1 heterocycles. The maximum atomic E-state index is 12.3. The second kappa shape index (κ2) is 6.84. The number of aromatic nitrogens is 1. The number of sulfonamides is 1. The van der Waals surface area contributed by atoms with E-state index in [1.807, 2.05) is 0 Å². The van der Waals surface area contributed by atoms with Crippen LogP contribution in [0.3, 0.4) is 0 Å². The van der Waals surface area contributed by atoms with E-state index in [2.05, 4.69) is 10.3 Å². The lowest BCUT2D eigenvalue weighted by Crippen LogP contribution is -2.23. The lowest BCUT2D eigenvalue weighted by Gasteiger charge is -2.13. The first-order chi connectivity index (χ1) is 10.7. The third-order valence-corrected chi connectivity index (χ3v) is 5.29. The number of benzene rings is 1. The quantitative estimate of drug-likeness (QED) is 0.893. The molecule has 0 aliphatic heterocycles. The molecule has 0 aliphatic rings. The summed E-state index contributed by atoms with van der Waals surface area (Å²) in [5.74, 6) is -0.294. The number of rotatable bonds is 4. The molecular formula is C14H13Cl2N3O3S. The highest BCUT2D eigenvalue weighted by Crippen LogP contribution is 2.23.